The third-order valence-corrected chi connectivity index (χ3v) is 3.56. The van der Waals surface area contributed by atoms with Crippen molar-refractivity contribution < 1.29 is 14.3 Å². The number of esters is 1. The van der Waals surface area contributed by atoms with Crippen molar-refractivity contribution in [3.63, 3.8) is 0 Å². The molecule has 0 radical (unpaired) electrons. The Labute approximate surface area is 117 Å². The highest BCUT2D eigenvalue weighted by Crippen LogP contribution is 2.30. The van der Waals surface area contributed by atoms with Crippen LogP contribution in [0.3, 0.4) is 0 Å². The van der Waals surface area contributed by atoms with Crippen LogP contribution >= 0.6 is 0 Å². The zero-order valence-electron chi connectivity index (χ0n) is 11.8. The van der Waals surface area contributed by atoms with E-state index in [1.165, 1.54) is 0 Å². The van der Waals surface area contributed by atoms with Crippen molar-refractivity contribution in [2.45, 2.75) is 20.4 Å². The van der Waals surface area contributed by atoms with Crippen molar-refractivity contribution in [3.05, 3.63) is 30.0 Å². The second kappa shape index (κ2) is 4.90. The van der Waals surface area contributed by atoms with Crippen molar-refractivity contribution in [3.8, 4) is 0 Å². The molecule has 5 heteroatoms. The number of rotatable bonds is 4. The topological polar surface area (TPSA) is 53.3 Å². The first-order valence-electron chi connectivity index (χ1n) is 6.83. The molecule has 1 aliphatic rings. The Balaban J connectivity index is 2.01. The maximum absolute atomic E-state index is 12.0. The Hall–Kier alpha value is -1.88. The highest BCUT2D eigenvalue weighted by molar-refractivity contribution is 6.02. The zero-order valence-corrected chi connectivity index (χ0v) is 11.8. The highest BCUT2D eigenvalue weighted by atomic mass is 16.5. The first-order valence-corrected chi connectivity index (χ1v) is 6.83. The van der Waals surface area contributed by atoms with Crippen molar-refractivity contribution in [1.82, 2.24) is 9.78 Å². The average Bonchev–Trinajstić information content (AvgIpc) is 2.76. The number of hydrogen-bond acceptors (Lipinski definition) is 4. The van der Waals surface area contributed by atoms with Gasteiger partial charge in [0, 0.05) is 10.8 Å². The summed E-state index contributed by atoms with van der Waals surface area (Å²) < 4.78 is 12.3. The van der Waals surface area contributed by atoms with Crippen LogP contribution in [0, 0.1) is 5.41 Å². The summed E-state index contributed by atoms with van der Waals surface area (Å²) >= 11 is 0. The van der Waals surface area contributed by atoms with Gasteiger partial charge in [-0.25, -0.2) is 4.79 Å². The highest BCUT2D eigenvalue weighted by Gasteiger charge is 2.35. The summed E-state index contributed by atoms with van der Waals surface area (Å²) in [6.07, 6.45) is 0. The van der Waals surface area contributed by atoms with E-state index in [2.05, 4.69) is 12.0 Å². The average molecular weight is 274 g/mol. The first-order chi connectivity index (χ1) is 9.63. The molecular formula is C15H18N2O3. The van der Waals surface area contributed by atoms with Crippen LogP contribution in [0.1, 0.15) is 24.3 Å². The lowest BCUT2D eigenvalue weighted by atomic mass is 9.89. The van der Waals surface area contributed by atoms with Gasteiger partial charge in [-0.2, -0.15) is 5.10 Å². The van der Waals surface area contributed by atoms with E-state index in [-0.39, 0.29) is 11.4 Å². The molecule has 0 aliphatic carbocycles. The molecule has 5 nitrogen and oxygen atoms in total. The lowest BCUT2D eigenvalue weighted by molar-refractivity contribution is -0.111. The van der Waals surface area contributed by atoms with E-state index in [1.54, 1.807) is 6.92 Å². The Morgan fingerprint density at radius 2 is 2.20 bits per heavy atom. The molecule has 0 spiro atoms. The quantitative estimate of drug-likeness (QED) is 0.802. The van der Waals surface area contributed by atoms with Crippen LogP contribution in [0.15, 0.2) is 24.3 Å². The van der Waals surface area contributed by atoms with Crippen molar-refractivity contribution >= 4 is 16.9 Å². The second-order valence-electron chi connectivity index (χ2n) is 5.55. The fourth-order valence-corrected chi connectivity index (χ4v) is 2.50. The van der Waals surface area contributed by atoms with Crippen LogP contribution < -0.4 is 0 Å². The molecule has 1 aromatic carbocycles. The maximum Gasteiger partial charge on any atom is 0.359 e. The number of aromatic nitrogens is 2. The number of nitrogens with zero attached hydrogens (tertiary/aromatic N) is 2. The molecule has 3 rings (SSSR count). The molecule has 1 aromatic heterocycles. The summed E-state index contributed by atoms with van der Waals surface area (Å²) in [6, 6.07) is 7.75. The Morgan fingerprint density at radius 3 is 2.85 bits per heavy atom. The Morgan fingerprint density at radius 1 is 1.45 bits per heavy atom. The summed E-state index contributed by atoms with van der Waals surface area (Å²) in [7, 11) is 0. The van der Waals surface area contributed by atoms with Gasteiger partial charge < -0.3 is 9.47 Å². The van der Waals surface area contributed by atoms with Crippen LogP contribution in [0.25, 0.3) is 10.9 Å². The van der Waals surface area contributed by atoms with Gasteiger partial charge in [0.05, 0.1) is 31.9 Å². The molecule has 2 heterocycles. The minimum Gasteiger partial charge on any atom is -0.461 e. The summed E-state index contributed by atoms with van der Waals surface area (Å²) in [5, 5.41) is 5.30. The van der Waals surface area contributed by atoms with E-state index < -0.39 is 0 Å². The van der Waals surface area contributed by atoms with Gasteiger partial charge in [-0.1, -0.05) is 25.1 Å². The first kappa shape index (κ1) is 13.1. The van der Waals surface area contributed by atoms with Crippen LogP contribution in [0.4, 0.5) is 0 Å². The molecule has 0 amide bonds. The molecular weight excluding hydrogens is 256 g/mol. The molecule has 1 fully saturated rings. The van der Waals surface area contributed by atoms with Gasteiger partial charge in [0.25, 0.3) is 0 Å². The van der Waals surface area contributed by atoms with E-state index >= 15 is 0 Å². The minimum atomic E-state index is -0.363. The molecule has 1 aliphatic heterocycles. The predicted octanol–water partition coefficient (Wildman–Crippen LogP) is 2.25. The van der Waals surface area contributed by atoms with Crippen LogP contribution in [0.2, 0.25) is 0 Å². The molecule has 2 aromatic rings. The summed E-state index contributed by atoms with van der Waals surface area (Å²) in [5.41, 5.74) is 1.45. The molecule has 0 bridgehead atoms. The number of hydrogen-bond donors (Lipinski definition) is 0. The van der Waals surface area contributed by atoms with Crippen molar-refractivity contribution in [2.24, 2.45) is 5.41 Å². The van der Waals surface area contributed by atoms with Crippen molar-refractivity contribution in [1.29, 1.82) is 0 Å². The fourth-order valence-electron chi connectivity index (χ4n) is 2.50. The third kappa shape index (κ3) is 2.18. The Bertz CT molecular complexity index is 644. The molecule has 0 atom stereocenters. The van der Waals surface area contributed by atoms with E-state index in [0.717, 1.165) is 30.7 Å². The Kier molecular flexibility index (Phi) is 3.22. The van der Waals surface area contributed by atoms with Gasteiger partial charge >= 0.3 is 5.97 Å². The van der Waals surface area contributed by atoms with Crippen LogP contribution in [-0.4, -0.2) is 35.6 Å². The smallest absolute Gasteiger partial charge is 0.359 e. The number of fused-ring (bicyclic) bond motifs is 1. The zero-order chi connectivity index (χ0) is 14.2. The van der Waals surface area contributed by atoms with Gasteiger partial charge in [0.2, 0.25) is 0 Å². The van der Waals surface area contributed by atoms with Gasteiger partial charge in [-0.3, -0.25) is 4.68 Å². The summed E-state index contributed by atoms with van der Waals surface area (Å²) in [6.45, 7) is 6.52. The van der Waals surface area contributed by atoms with Gasteiger partial charge in [0.1, 0.15) is 0 Å². The van der Waals surface area contributed by atoms with Crippen LogP contribution in [-0.2, 0) is 16.0 Å². The molecule has 0 N–H and O–H groups in total. The maximum atomic E-state index is 12.0. The summed E-state index contributed by atoms with van der Waals surface area (Å²) in [5.74, 6) is -0.363. The van der Waals surface area contributed by atoms with E-state index in [9.17, 15) is 4.79 Å². The molecule has 1 saturated heterocycles. The van der Waals surface area contributed by atoms with E-state index in [0.29, 0.717) is 12.3 Å². The SMILES string of the molecule is CCOC(=O)c1nn(CC2(C)COC2)c2ccccc12. The van der Waals surface area contributed by atoms with E-state index in [4.69, 9.17) is 9.47 Å². The van der Waals surface area contributed by atoms with Gasteiger partial charge in [0.15, 0.2) is 5.69 Å². The molecule has 0 unspecified atom stereocenters. The van der Waals surface area contributed by atoms with Crippen LogP contribution in [0.5, 0.6) is 0 Å². The second-order valence-corrected chi connectivity index (χ2v) is 5.55. The number of ether oxygens (including phenoxy) is 2. The molecule has 106 valence electrons. The number of carbonyl (C=O) groups is 1. The third-order valence-electron chi connectivity index (χ3n) is 3.56. The lowest BCUT2D eigenvalue weighted by Crippen LogP contribution is -2.43. The molecule has 20 heavy (non-hydrogen) atoms. The predicted molar refractivity (Wildman–Crippen MR) is 74.6 cm³/mol. The minimum absolute atomic E-state index is 0.0979. The number of benzene rings is 1. The normalized spacial score (nSPS) is 16.9. The van der Waals surface area contributed by atoms with Crippen molar-refractivity contribution in [2.75, 3.05) is 19.8 Å². The summed E-state index contributed by atoms with van der Waals surface area (Å²) in [4.78, 5) is 12.0. The van der Waals surface area contributed by atoms with Gasteiger partial charge in [-0.05, 0) is 13.0 Å². The van der Waals surface area contributed by atoms with E-state index in [1.807, 2.05) is 28.9 Å². The van der Waals surface area contributed by atoms with Gasteiger partial charge in [-0.15, -0.1) is 0 Å². The molecule has 0 saturated carbocycles. The largest absolute Gasteiger partial charge is 0.461 e. The standard InChI is InChI=1S/C15H18N2O3/c1-3-20-14(18)13-11-6-4-5-7-12(11)17(16-13)8-15(2)9-19-10-15/h4-7H,3,8-10H2,1-2H3. The monoisotopic (exact) mass is 274 g/mol. The lowest BCUT2D eigenvalue weighted by Gasteiger charge is -2.37. The fraction of sp³-hybridized carbons (Fsp3) is 0.467. The number of carbonyl (C=O) groups excluding carboxylic acids is 1. The number of para-hydroxylation sites is 1.